The van der Waals surface area contributed by atoms with E-state index in [1.807, 2.05) is 61.5 Å². The standard InChI is InChI=1S/C24H25N3O2S2/c1-18-15-21(30-14-13-28-11-12-29-20-7-3-2-4-8-20)16-19(25-18)17-31-24-26-22-9-5-6-10-23(22)27-24/h2-10,15-16H,11-14,17H2,1H3,(H,26,27). The van der Waals surface area contributed by atoms with Crippen LogP contribution < -0.4 is 4.74 Å². The van der Waals surface area contributed by atoms with Gasteiger partial charge in [0.25, 0.3) is 0 Å². The summed E-state index contributed by atoms with van der Waals surface area (Å²) in [6.45, 7) is 3.88. The molecule has 7 heteroatoms. The van der Waals surface area contributed by atoms with Gasteiger partial charge in [-0.1, -0.05) is 42.1 Å². The third-order valence-electron chi connectivity index (χ3n) is 4.44. The molecule has 0 spiro atoms. The molecule has 0 saturated carbocycles. The first-order valence-electron chi connectivity index (χ1n) is 10.2. The maximum Gasteiger partial charge on any atom is 0.166 e. The number of nitrogens with one attached hydrogen (secondary N) is 1. The SMILES string of the molecule is Cc1cc(SCCOCCOc2ccccc2)cc(CSc2nc3ccccc3[nH]2)n1. The predicted molar refractivity (Wildman–Crippen MR) is 128 cm³/mol. The van der Waals surface area contributed by atoms with Gasteiger partial charge in [0.05, 0.1) is 29.9 Å². The van der Waals surface area contributed by atoms with Crippen LogP contribution in [0.5, 0.6) is 5.75 Å². The number of para-hydroxylation sites is 3. The number of pyridine rings is 1. The van der Waals surface area contributed by atoms with Crippen LogP contribution in [-0.4, -0.2) is 40.5 Å². The Morgan fingerprint density at radius 1 is 0.871 bits per heavy atom. The Labute approximate surface area is 191 Å². The lowest BCUT2D eigenvalue weighted by Gasteiger charge is -2.08. The molecule has 160 valence electrons. The maximum absolute atomic E-state index is 5.69. The second-order valence-corrected chi connectivity index (χ2v) is 9.04. The van der Waals surface area contributed by atoms with Gasteiger partial charge in [0, 0.05) is 22.1 Å². The lowest BCUT2D eigenvalue weighted by molar-refractivity contribution is 0.112. The summed E-state index contributed by atoms with van der Waals surface area (Å²) in [5.74, 6) is 2.55. The van der Waals surface area contributed by atoms with Crippen molar-refractivity contribution in [2.45, 2.75) is 22.7 Å². The summed E-state index contributed by atoms with van der Waals surface area (Å²) in [4.78, 5) is 13.9. The fourth-order valence-electron chi connectivity index (χ4n) is 3.06. The Balaban J connectivity index is 1.19. The van der Waals surface area contributed by atoms with Gasteiger partial charge in [-0.3, -0.25) is 4.98 Å². The van der Waals surface area contributed by atoms with Crippen LogP contribution in [0.4, 0.5) is 0 Å². The summed E-state index contributed by atoms with van der Waals surface area (Å²) in [5, 5.41) is 0.921. The van der Waals surface area contributed by atoms with E-state index >= 15 is 0 Å². The summed E-state index contributed by atoms with van der Waals surface area (Å²) in [5.41, 5.74) is 4.15. The molecule has 2 aromatic heterocycles. The van der Waals surface area contributed by atoms with Gasteiger partial charge in [0.15, 0.2) is 5.16 Å². The molecule has 0 fully saturated rings. The van der Waals surface area contributed by atoms with Crippen LogP contribution in [0.15, 0.2) is 76.8 Å². The van der Waals surface area contributed by atoms with Crippen molar-refractivity contribution in [1.29, 1.82) is 0 Å². The molecule has 2 heterocycles. The predicted octanol–water partition coefficient (Wildman–Crippen LogP) is 5.75. The number of ether oxygens (including phenoxy) is 2. The zero-order valence-corrected chi connectivity index (χ0v) is 19.0. The molecule has 4 rings (SSSR count). The van der Waals surface area contributed by atoms with Crippen molar-refractivity contribution in [2.75, 3.05) is 25.6 Å². The van der Waals surface area contributed by atoms with E-state index in [1.54, 1.807) is 23.5 Å². The van der Waals surface area contributed by atoms with Gasteiger partial charge in [0.2, 0.25) is 0 Å². The van der Waals surface area contributed by atoms with E-state index in [2.05, 4.69) is 27.1 Å². The van der Waals surface area contributed by atoms with Gasteiger partial charge in [-0.15, -0.1) is 11.8 Å². The molecule has 0 aliphatic heterocycles. The molecular weight excluding hydrogens is 426 g/mol. The number of imidazole rings is 1. The molecular formula is C24H25N3O2S2. The molecule has 0 saturated heterocycles. The van der Waals surface area contributed by atoms with Crippen molar-refractivity contribution < 1.29 is 9.47 Å². The van der Waals surface area contributed by atoms with Crippen LogP contribution in [0.1, 0.15) is 11.4 Å². The Bertz CT molecular complexity index is 1070. The van der Waals surface area contributed by atoms with E-state index in [-0.39, 0.29) is 0 Å². The lowest BCUT2D eigenvalue weighted by atomic mass is 10.3. The second kappa shape index (κ2) is 11.2. The monoisotopic (exact) mass is 451 g/mol. The molecule has 0 aliphatic carbocycles. The van der Waals surface area contributed by atoms with Crippen LogP contribution in [0.3, 0.4) is 0 Å². The molecule has 0 amide bonds. The van der Waals surface area contributed by atoms with Crippen LogP contribution in [0, 0.1) is 6.92 Å². The van der Waals surface area contributed by atoms with Gasteiger partial charge in [0.1, 0.15) is 12.4 Å². The van der Waals surface area contributed by atoms with E-state index in [9.17, 15) is 0 Å². The number of aromatic amines is 1. The normalized spacial score (nSPS) is 11.1. The molecule has 0 unspecified atom stereocenters. The zero-order valence-electron chi connectivity index (χ0n) is 17.4. The maximum atomic E-state index is 5.69. The van der Waals surface area contributed by atoms with E-state index in [0.717, 1.165) is 44.8 Å². The van der Waals surface area contributed by atoms with Crippen molar-refractivity contribution in [3.8, 4) is 5.75 Å². The first-order chi connectivity index (χ1) is 15.3. The van der Waals surface area contributed by atoms with E-state index in [4.69, 9.17) is 9.47 Å². The van der Waals surface area contributed by atoms with Crippen molar-refractivity contribution in [3.05, 3.63) is 78.1 Å². The molecule has 0 radical (unpaired) electrons. The number of hydrogen-bond donors (Lipinski definition) is 1. The minimum atomic E-state index is 0.562. The Hall–Kier alpha value is -2.48. The zero-order chi connectivity index (χ0) is 21.3. The molecule has 0 bridgehead atoms. The van der Waals surface area contributed by atoms with E-state index in [0.29, 0.717) is 19.8 Å². The molecule has 0 atom stereocenters. The number of benzene rings is 2. The minimum Gasteiger partial charge on any atom is -0.491 e. The van der Waals surface area contributed by atoms with Crippen LogP contribution in [-0.2, 0) is 10.5 Å². The first-order valence-corrected chi connectivity index (χ1v) is 12.2. The van der Waals surface area contributed by atoms with Gasteiger partial charge in [-0.05, 0) is 43.3 Å². The highest BCUT2D eigenvalue weighted by atomic mass is 32.2. The van der Waals surface area contributed by atoms with Crippen molar-refractivity contribution in [1.82, 2.24) is 15.0 Å². The molecule has 2 aromatic carbocycles. The molecule has 31 heavy (non-hydrogen) atoms. The third kappa shape index (κ3) is 6.75. The highest BCUT2D eigenvalue weighted by molar-refractivity contribution is 7.99. The smallest absolute Gasteiger partial charge is 0.166 e. The highest BCUT2D eigenvalue weighted by Gasteiger charge is 2.06. The number of H-pyrrole nitrogens is 1. The number of rotatable bonds is 11. The van der Waals surface area contributed by atoms with Crippen molar-refractivity contribution in [2.24, 2.45) is 0 Å². The topological polar surface area (TPSA) is 60.0 Å². The van der Waals surface area contributed by atoms with Crippen LogP contribution in [0.2, 0.25) is 0 Å². The fraction of sp³-hybridized carbons (Fsp3) is 0.250. The Morgan fingerprint density at radius 2 is 1.71 bits per heavy atom. The third-order valence-corrected chi connectivity index (χ3v) is 6.29. The quantitative estimate of drug-likeness (QED) is 0.232. The minimum absolute atomic E-state index is 0.562. The average Bonchev–Trinajstić information content (AvgIpc) is 3.21. The highest BCUT2D eigenvalue weighted by Crippen LogP contribution is 2.25. The van der Waals surface area contributed by atoms with Crippen molar-refractivity contribution >= 4 is 34.6 Å². The van der Waals surface area contributed by atoms with Gasteiger partial charge < -0.3 is 14.5 Å². The molecule has 4 aromatic rings. The molecule has 1 N–H and O–H groups in total. The van der Waals surface area contributed by atoms with Crippen LogP contribution in [0.25, 0.3) is 11.0 Å². The molecule has 0 aliphatic rings. The average molecular weight is 452 g/mol. The summed E-state index contributed by atoms with van der Waals surface area (Å²) >= 11 is 3.47. The van der Waals surface area contributed by atoms with E-state index < -0.39 is 0 Å². The fourth-order valence-corrected chi connectivity index (χ4v) is 4.74. The van der Waals surface area contributed by atoms with Gasteiger partial charge >= 0.3 is 0 Å². The van der Waals surface area contributed by atoms with Gasteiger partial charge in [-0.25, -0.2) is 4.98 Å². The first kappa shape index (κ1) is 21.7. The van der Waals surface area contributed by atoms with Gasteiger partial charge in [-0.2, -0.15) is 0 Å². The Kier molecular flexibility index (Phi) is 7.87. The number of fused-ring (bicyclic) bond motifs is 1. The number of aromatic nitrogens is 3. The molecule has 5 nitrogen and oxygen atoms in total. The summed E-state index contributed by atoms with van der Waals surface area (Å²) in [7, 11) is 0. The Morgan fingerprint density at radius 3 is 2.58 bits per heavy atom. The summed E-state index contributed by atoms with van der Waals surface area (Å²) in [6, 6.07) is 22.2. The van der Waals surface area contributed by atoms with Crippen LogP contribution >= 0.6 is 23.5 Å². The number of hydrogen-bond acceptors (Lipinski definition) is 6. The van der Waals surface area contributed by atoms with Crippen molar-refractivity contribution in [3.63, 3.8) is 0 Å². The lowest BCUT2D eigenvalue weighted by Crippen LogP contribution is -2.08. The number of thioether (sulfide) groups is 2. The van der Waals surface area contributed by atoms with E-state index in [1.165, 1.54) is 4.90 Å². The largest absolute Gasteiger partial charge is 0.491 e. The summed E-state index contributed by atoms with van der Waals surface area (Å²) in [6.07, 6.45) is 0. The second-order valence-electron chi connectivity index (χ2n) is 6.91. The summed E-state index contributed by atoms with van der Waals surface area (Å²) < 4.78 is 11.3. The number of aryl methyl sites for hydroxylation is 1. The number of nitrogens with zero attached hydrogens (tertiary/aromatic N) is 2.